The molecule has 1 aromatic carbocycles. The summed E-state index contributed by atoms with van der Waals surface area (Å²) in [6.07, 6.45) is 5.92. The van der Waals surface area contributed by atoms with Gasteiger partial charge < -0.3 is 5.32 Å². The molecule has 0 bridgehead atoms. The number of terminal acetylenes is 1. The highest BCUT2D eigenvalue weighted by atomic mass is 79.9. The van der Waals surface area contributed by atoms with E-state index < -0.39 is 0 Å². The molecule has 0 heterocycles. The van der Waals surface area contributed by atoms with Crippen molar-refractivity contribution in [2.24, 2.45) is 0 Å². The minimum Gasteiger partial charge on any atom is -0.312 e. The van der Waals surface area contributed by atoms with E-state index in [4.69, 9.17) is 18.0 Å². The molecule has 0 aromatic heterocycles. The monoisotopic (exact) mass is 271 g/mol. The summed E-state index contributed by atoms with van der Waals surface area (Å²) in [6, 6.07) is 5.94. The van der Waals surface area contributed by atoms with Crippen LogP contribution in [-0.2, 0) is 0 Å². The molecule has 1 nitrogen and oxygen atoms in total. The van der Waals surface area contributed by atoms with Gasteiger partial charge >= 0.3 is 0 Å². The van der Waals surface area contributed by atoms with Crippen LogP contribution in [0.15, 0.2) is 22.7 Å². The fourth-order valence-electron chi connectivity index (χ4n) is 1.27. The van der Waals surface area contributed by atoms with Gasteiger partial charge in [-0.15, -0.1) is 12.3 Å². The fraction of sp³-hybridized carbons (Fsp3) is 0.273. The summed E-state index contributed by atoms with van der Waals surface area (Å²) in [4.78, 5) is 0. The van der Waals surface area contributed by atoms with Crippen molar-refractivity contribution >= 4 is 27.5 Å². The average Bonchev–Trinajstić information content (AvgIpc) is 2.15. The van der Waals surface area contributed by atoms with Crippen LogP contribution in [0.3, 0.4) is 0 Å². The van der Waals surface area contributed by atoms with Gasteiger partial charge in [-0.1, -0.05) is 33.6 Å². The Kier molecular flexibility index (Phi) is 4.47. The number of nitrogens with one attached hydrogen (secondary N) is 1. The lowest BCUT2D eigenvalue weighted by Crippen LogP contribution is -2.16. The van der Waals surface area contributed by atoms with E-state index in [9.17, 15) is 0 Å². The molecule has 0 fully saturated rings. The van der Waals surface area contributed by atoms with Crippen LogP contribution in [0.5, 0.6) is 0 Å². The summed E-state index contributed by atoms with van der Waals surface area (Å²) >= 11 is 9.46. The van der Waals surface area contributed by atoms with Crippen LogP contribution in [-0.4, -0.2) is 7.05 Å². The zero-order chi connectivity index (χ0) is 10.6. The summed E-state index contributed by atoms with van der Waals surface area (Å²) in [7, 11) is 1.88. The highest BCUT2D eigenvalue weighted by molar-refractivity contribution is 9.10. The molecule has 1 aromatic rings. The Hall–Kier alpha value is -0.490. The maximum absolute atomic E-state index is 6.10. The van der Waals surface area contributed by atoms with Crippen molar-refractivity contribution in [1.29, 1.82) is 0 Å². The Morgan fingerprint density at radius 3 is 2.86 bits per heavy atom. The summed E-state index contributed by atoms with van der Waals surface area (Å²) in [6.45, 7) is 0. The van der Waals surface area contributed by atoms with Crippen molar-refractivity contribution < 1.29 is 0 Å². The molecule has 0 spiro atoms. The van der Waals surface area contributed by atoms with Gasteiger partial charge in [0.15, 0.2) is 0 Å². The normalized spacial score (nSPS) is 12.1. The van der Waals surface area contributed by atoms with E-state index >= 15 is 0 Å². The first-order valence-electron chi connectivity index (χ1n) is 4.24. The van der Waals surface area contributed by atoms with Crippen LogP contribution >= 0.6 is 27.5 Å². The molecular formula is C11H11BrClN. The maximum atomic E-state index is 6.10. The van der Waals surface area contributed by atoms with E-state index in [0.29, 0.717) is 6.42 Å². The van der Waals surface area contributed by atoms with Crippen molar-refractivity contribution in [3.05, 3.63) is 33.3 Å². The lowest BCUT2D eigenvalue weighted by Gasteiger charge is -2.15. The molecule has 0 aliphatic heterocycles. The second kappa shape index (κ2) is 5.41. The summed E-state index contributed by atoms with van der Waals surface area (Å²) in [5.41, 5.74) is 1.04. The lowest BCUT2D eigenvalue weighted by atomic mass is 10.0. The highest BCUT2D eigenvalue weighted by Gasteiger charge is 2.11. The average molecular weight is 273 g/mol. The quantitative estimate of drug-likeness (QED) is 0.832. The predicted molar refractivity (Wildman–Crippen MR) is 64.4 cm³/mol. The van der Waals surface area contributed by atoms with Crippen molar-refractivity contribution in [2.45, 2.75) is 12.5 Å². The second-order valence-electron chi connectivity index (χ2n) is 2.92. The van der Waals surface area contributed by atoms with Gasteiger partial charge in [-0.25, -0.2) is 0 Å². The van der Waals surface area contributed by atoms with Crippen LogP contribution in [0, 0.1) is 12.3 Å². The molecule has 0 saturated carbocycles. The van der Waals surface area contributed by atoms with Crippen LogP contribution in [0.25, 0.3) is 0 Å². The van der Waals surface area contributed by atoms with E-state index in [1.54, 1.807) is 0 Å². The van der Waals surface area contributed by atoms with E-state index in [-0.39, 0.29) is 6.04 Å². The van der Waals surface area contributed by atoms with Crippen LogP contribution < -0.4 is 5.32 Å². The van der Waals surface area contributed by atoms with Crippen molar-refractivity contribution in [3.63, 3.8) is 0 Å². The first-order chi connectivity index (χ1) is 6.69. The Balaban J connectivity index is 2.99. The highest BCUT2D eigenvalue weighted by Crippen LogP contribution is 2.27. The summed E-state index contributed by atoms with van der Waals surface area (Å²) < 4.78 is 0.974. The van der Waals surface area contributed by atoms with Gasteiger partial charge in [-0.3, -0.25) is 0 Å². The maximum Gasteiger partial charge on any atom is 0.0465 e. The molecule has 74 valence electrons. The number of hydrogen-bond acceptors (Lipinski definition) is 1. The number of benzene rings is 1. The minimum atomic E-state index is 0.126. The van der Waals surface area contributed by atoms with Crippen LogP contribution in [0.2, 0.25) is 5.02 Å². The molecule has 0 radical (unpaired) electrons. The SMILES string of the molecule is C#CCC(NC)c1ccc(Br)cc1Cl. The fourth-order valence-corrected chi connectivity index (χ4v) is 2.07. The van der Waals surface area contributed by atoms with Gasteiger partial charge in [0.2, 0.25) is 0 Å². The molecule has 0 aliphatic carbocycles. The Morgan fingerprint density at radius 1 is 1.64 bits per heavy atom. The van der Waals surface area contributed by atoms with E-state index in [1.165, 1.54) is 0 Å². The van der Waals surface area contributed by atoms with Gasteiger partial charge in [-0.05, 0) is 24.7 Å². The Morgan fingerprint density at radius 2 is 2.36 bits per heavy atom. The van der Waals surface area contributed by atoms with E-state index in [2.05, 4.69) is 27.2 Å². The van der Waals surface area contributed by atoms with Gasteiger partial charge in [0.1, 0.15) is 0 Å². The third-order valence-electron chi connectivity index (χ3n) is 2.01. The smallest absolute Gasteiger partial charge is 0.0465 e. The third-order valence-corrected chi connectivity index (χ3v) is 2.83. The van der Waals surface area contributed by atoms with E-state index in [0.717, 1.165) is 15.1 Å². The Labute approximate surface area is 98.0 Å². The van der Waals surface area contributed by atoms with Gasteiger partial charge in [-0.2, -0.15) is 0 Å². The molecule has 0 aliphatic rings. The molecule has 0 amide bonds. The molecule has 1 unspecified atom stereocenters. The third kappa shape index (κ3) is 2.75. The zero-order valence-corrected chi connectivity index (χ0v) is 10.2. The van der Waals surface area contributed by atoms with Crippen molar-refractivity contribution in [2.75, 3.05) is 7.05 Å². The molecule has 3 heteroatoms. The van der Waals surface area contributed by atoms with Crippen LogP contribution in [0.1, 0.15) is 18.0 Å². The lowest BCUT2D eigenvalue weighted by molar-refractivity contribution is 0.612. The first kappa shape index (κ1) is 11.6. The zero-order valence-electron chi connectivity index (χ0n) is 7.85. The molecular weight excluding hydrogens is 261 g/mol. The van der Waals surface area contributed by atoms with Gasteiger partial charge in [0, 0.05) is 22.0 Å². The standard InChI is InChI=1S/C11H11BrClN/c1-3-4-11(14-2)9-6-5-8(12)7-10(9)13/h1,5-7,11,14H,4H2,2H3. The van der Waals surface area contributed by atoms with Crippen molar-refractivity contribution in [3.8, 4) is 12.3 Å². The van der Waals surface area contributed by atoms with Gasteiger partial charge in [0.05, 0.1) is 0 Å². The molecule has 1 atom stereocenters. The number of hydrogen-bond donors (Lipinski definition) is 1. The van der Waals surface area contributed by atoms with E-state index in [1.807, 2.05) is 25.2 Å². The second-order valence-corrected chi connectivity index (χ2v) is 4.24. The van der Waals surface area contributed by atoms with Crippen molar-refractivity contribution in [1.82, 2.24) is 5.32 Å². The Bertz CT molecular complexity index is 357. The molecule has 0 saturated heterocycles. The minimum absolute atomic E-state index is 0.126. The summed E-state index contributed by atoms with van der Waals surface area (Å²) in [5.74, 6) is 2.63. The topological polar surface area (TPSA) is 12.0 Å². The molecule has 1 rings (SSSR count). The first-order valence-corrected chi connectivity index (χ1v) is 5.41. The van der Waals surface area contributed by atoms with Crippen LogP contribution in [0.4, 0.5) is 0 Å². The van der Waals surface area contributed by atoms with Gasteiger partial charge in [0.25, 0.3) is 0 Å². The largest absolute Gasteiger partial charge is 0.312 e. The predicted octanol–water partition coefficient (Wildman–Crippen LogP) is 3.39. The molecule has 1 N–H and O–H groups in total. The molecule has 14 heavy (non-hydrogen) atoms. The summed E-state index contributed by atoms with van der Waals surface area (Å²) in [5, 5.41) is 3.87. The number of halogens is 2. The number of rotatable bonds is 3.